The summed E-state index contributed by atoms with van der Waals surface area (Å²) in [4.78, 5) is 14.7. The van der Waals surface area contributed by atoms with Crippen LogP contribution in [0.15, 0.2) is 0 Å². The Bertz CT molecular complexity index is 329. The highest BCUT2D eigenvalue weighted by molar-refractivity contribution is 5.85. The Hall–Kier alpha value is -0.280. The fourth-order valence-corrected chi connectivity index (χ4v) is 3.83. The summed E-state index contributed by atoms with van der Waals surface area (Å²) in [5, 5.41) is 0. The molecule has 1 saturated heterocycles. The molecule has 1 aliphatic carbocycles. The zero-order chi connectivity index (χ0) is 14.6. The fourth-order valence-electron chi connectivity index (χ4n) is 3.83. The van der Waals surface area contributed by atoms with E-state index < -0.39 is 0 Å². The van der Waals surface area contributed by atoms with E-state index >= 15 is 0 Å². The van der Waals surface area contributed by atoms with Crippen molar-refractivity contribution in [1.82, 2.24) is 4.90 Å². The molecule has 1 unspecified atom stereocenters. The van der Waals surface area contributed by atoms with E-state index in [1.54, 1.807) is 0 Å². The van der Waals surface area contributed by atoms with E-state index in [0.29, 0.717) is 18.4 Å². The number of halogens is 1. The summed E-state index contributed by atoms with van der Waals surface area (Å²) >= 11 is 0. The van der Waals surface area contributed by atoms with Gasteiger partial charge >= 0.3 is 0 Å². The largest absolute Gasteiger partial charge is 0.342 e. The molecule has 0 spiro atoms. The lowest BCUT2D eigenvalue weighted by Gasteiger charge is -2.31. The SMILES string of the molecule is CCCCC1CCC(C(=O)N2CCC(C)(CN)C2)CC1.Cl. The molecule has 1 saturated carbocycles. The molecule has 21 heavy (non-hydrogen) atoms. The molecule has 2 rings (SSSR count). The van der Waals surface area contributed by atoms with Crippen molar-refractivity contribution in [3.63, 3.8) is 0 Å². The van der Waals surface area contributed by atoms with Crippen LogP contribution in [0.1, 0.15) is 65.2 Å². The van der Waals surface area contributed by atoms with Crippen LogP contribution >= 0.6 is 12.4 Å². The molecule has 2 aliphatic rings. The molecule has 0 radical (unpaired) electrons. The van der Waals surface area contributed by atoms with Gasteiger partial charge in [-0.05, 0) is 50.0 Å². The lowest BCUT2D eigenvalue weighted by molar-refractivity contribution is -0.136. The van der Waals surface area contributed by atoms with Gasteiger partial charge in [-0.1, -0.05) is 33.1 Å². The number of nitrogens with zero attached hydrogens (tertiary/aromatic N) is 1. The van der Waals surface area contributed by atoms with Gasteiger partial charge in [0.05, 0.1) is 0 Å². The van der Waals surface area contributed by atoms with Crippen molar-refractivity contribution in [1.29, 1.82) is 0 Å². The predicted octanol–water partition coefficient (Wildman–Crippen LogP) is 3.60. The minimum atomic E-state index is 0. The van der Waals surface area contributed by atoms with Crippen molar-refractivity contribution in [2.75, 3.05) is 19.6 Å². The fraction of sp³-hybridized carbons (Fsp3) is 0.941. The van der Waals surface area contributed by atoms with Crippen molar-refractivity contribution >= 4 is 18.3 Å². The first-order valence-corrected chi connectivity index (χ1v) is 8.57. The average Bonchev–Trinajstić information content (AvgIpc) is 2.88. The van der Waals surface area contributed by atoms with E-state index in [0.717, 1.165) is 38.3 Å². The molecule has 3 nitrogen and oxygen atoms in total. The quantitative estimate of drug-likeness (QED) is 0.842. The lowest BCUT2D eigenvalue weighted by Crippen LogP contribution is -2.38. The van der Waals surface area contributed by atoms with Gasteiger partial charge in [0, 0.05) is 19.0 Å². The number of hydrogen-bond acceptors (Lipinski definition) is 2. The molecular formula is C17H33ClN2O. The molecular weight excluding hydrogens is 284 g/mol. The molecule has 0 aromatic rings. The summed E-state index contributed by atoms with van der Waals surface area (Å²) in [6.07, 6.45) is 9.84. The Morgan fingerprint density at radius 3 is 2.48 bits per heavy atom. The highest BCUT2D eigenvalue weighted by Crippen LogP contribution is 2.35. The van der Waals surface area contributed by atoms with E-state index in [9.17, 15) is 4.79 Å². The molecule has 1 aliphatic heterocycles. The van der Waals surface area contributed by atoms with Gasteiger partial charge in [0.25, 0.3) is 0 Å². The third-order valence-electron chi connectivity index (χ3n) is 5.52. The maximum atomic E-state index is 12.6. The second-order valence-electron chi connectivity index (χ2n) is 7.38. The molecule has 1 atom stereocenters. The number of carbonyl (C=O) groups excluding carboxylic acids is 1. The highest BCUT2D eigenvalue weighted by Gasteiger charge is 2.37. The number of unbranched alkanes of at least 4 members (excludes halogenated alkanes) is 1. The van der Waals surface area contributed by atoms with Gasteiger partial charge in [0.2, 0.25) is 5.91 Å². The second-order valence-corrected chi connectivity index (χ2v) is 7.38. The van der Waals surface area contributed by atoms with Crippen molar-refractivity contribution in [3.8, 4) is 0 Å². The standard InChI is InChI=1S/C17H32N2O.ClH/c1-3-4-5-14-6-8-15(9-7-14)16(20)19-11-10-17(2,12-18)13-19;/h14-15H,3-13,18H2,1-2H3;1H. The number of nitrogens with two attached hydrogens (primary N) is 1. The lowest BCUT2D eigenvalue weighted by atomic mass is 9.79. The van der Waals surface area contributed by atoms with Crippen LogP contribution in [-0.4, -0.2) is 30.4 Å². The molecule has 0 aromatic heterocycles. The van der Waals surface area contributed by atoms with E-state index in [1.807, 2.05) is 0 Å². The van der Waals surface area contributed by atoms with Crippen molar-refractivity contribution in [3.05, 3.63) is 0 Å². The number of rotatable bonds is 5. The van der Waals surface area contributed by atoms with Gasteiger partial charge in [-0.15, -0.1) is 12.4 Å². The summed E-state index contributed by atoms with van der Waals surface area (Å²) in [6.45, 7) is 6.96. The van der Waals surface area contributed by atoms with Crippen LogP contribution in [0, 0.1) is 17.3 Å². The number of likely N-dealkylation sites (tertiary alicyclic amines) is 1. The van der Waals surface area contributed by atoms with E-state index in [2.05, 4.69) is 18.7 Å². The van der Waals surface area contributed by atoms with Gasteiger partial charge in [-0.25, -0.2) is 0 Å². The number of carbonyl (C=O) groups is 1. The smallest absolute Gasteiger partial charge is 0.225 e. The van der Waals surface area contributed by atoms with Crippen LogP contribution in [0.4, 0.5) is 0 Å². The molecule has 2 fully saturated rings. The second kappa shape index (κ2) is 8.38. The maximum absolute atomic E-state index is 12.6. The third kappa shape index (κ3) is 4.85. The topological polar surface area (TPSA) is 46.3 Å². The Morgan fingerprint density at radius 1 is 1.29 bits per heavy atom. The van der Waals surface area contributed by atoms with Crippen LogP contribution in [-0.2, 0) is 4.79 Å². The van der Waals surface area contributed by atoms with Crippen LogP contribution in [0.2, 0.25) is 0 Å². The molecule has 0 aromatic carbocycles. The first kappa shape index (κ1) is 18.8. The normalized spacial score (nSPS) is 32.8. The van der Waals surface area contributed by atoms with Gasteiger partial charge in [-0.2, -0.15) is 0 Å². The van der Waals surface area contributed by atoms with E-state index in [-0.39, 0.29) is 17.8 Å². The average molecular weight is 317 g/mol. The summed E-state index contributed by atoms with van der Waals surface area (Å²) < 4.78 is 0. The molecule has 1 heterocycles. The number of amides is 1. The molecule has 124 valence electrons. The van der Waals surface area contributed by atoms with Gasteiger partial charge in [0.15, 0.2) is 0 Å². The van der Waals surface area contributed by atoms with Crippen LogP contribution < -0.4 is 5.73 Å². The number of hydrogen-bond donors (Lipinski definition) is 1. The Balaban J connectivity index is 0.00000220. The van der Waals surface area contributed by atoms with Crippen LogP contribution in [0.5, 0.6) is 0 Å². The zero-order valence-corrected chi connectivity index (χ0v) is 14.6. The first-order valence-electron chi connectivity index (χ1n) is 8.57. The van der Waals surface area contributed by atoms with E-state index in [4.69, 9.17) is 5.73 Å². The minimum Gasteiger partial charge on any atom is -0.342 e. The zero-order valence-electron chi connectivity index (χ0n) is 13.8. The molecule has 4 heteroatoms. The Kier molecular flexibility index (Phi) is 7.49. The monoisotopic (exact) mass is 316 g/mol. The highest BCUT2D eigenvalue weighted by atomic mass is 35.5. The predicted molar refractivity (Wildman–Crippen MR) is 90.6 cm³/mol. The van der Waals surface area contributed by atoms with Gasteiger partial charge < -0.3 is 10.6 Å². The Morgan fingerprint density at radius 2 is 1.95 bits per heavy atom. The van der Waals surface area contributed by atoms with Crippen LogP contribution in [0.25, 0.3) is 0 Å². The van der Waals surface area contributed by atoms with Crippen LogP contribution in [0.3, 0.4) is 0 Å². The van der Waals surface area contributed by atoms with Gasteiger partial charge in [-0.3, -0.25) is 4.79 Å². The first-order chi connectivity index (χ1) is 9.58. The summed E-state index contributed by atoms with van der Waals surface area (Å²) in [6, 6.07) is 0. The Labute approximate surface area is 136 Å². The van der Waals surface area contributed by atoms with Crippen molar-refractivity contribution < 1.29 is 4.79 Å². The summed E-state index contributed by atoms with van der Waals surface area (Å²) in [5.74, 6) is 1.59. The van der Waals surface area contributed by atoms with Gasteiger partial charge in [0.1, 0.15) is 0 Å². The van der Waals surface area contributed by atoms with Crippen molar-refractivity contribution in [2.45, 2.75) is 65.2 Å². The molecule has 2 N–H and O–H groups in total. The maximum Gasteiger partial charge on any atom is 0.225 e. The minimum absolute atomic E-state index is 0. The summed E-state index contributed by atoms with van der Waals surface area (Å²) in [7, 11) is 0. The van der Waals surface area contributed by atoms with Crippen molar-refractivity contribution in [2.24, 2.45) is 23.0 Å². The van der Waals surface area contributed by atoms with E-state index in [1.165, 1.54) is 32.1 Å². The molecule has 1 amide bonds. The summed E-state index contributed by atoms with van der Waals surface area (Å²) in [5.41, 5.74) is 6.00. The molecule has 0 bridgehead atoms. The third-order valence-corrected chi connectivity index (χ3v) is 5.52.